The molecule has 162 valence electrons. The molecule has 0 saturated heterocycles. The topological polar surface area (TPSA) is 0 Å². The highest BCUT2D eigenvalue weighted by Gasteiger charge is 2.25. The van der Waals surface area contributed by atoms with Gasteiger partial charge in [0.1, 0.15) is 11.6 Å². The van der Waals surface area contributed by atoms with Crippen molar-refractivity contribution in [3.8, 4) is 11.1 Å². The largest absolute Gasteiger partial charge is 0.206 e. The highest BCUT2D eigenvalue weighted by atomic mass is 35.5. The van der Waals surface area contributed by atoms with Gasteiger partial charge in [-0.25, -0.2) is 8.78 Å². The lowest BCUT2D eigenvalue weighted by molar-refractivity contribution is 0.237. The molecule has 0 aromatic heterocycles. The predicted molar refractivity (Wildman–Crippen MR) is 122 cm³/mol. The minimum atomic E-state index is -0.515. The fraction of sp³-hybridized carbons (Fsp3) is 0.556. The van der Waals surface area contributed by atoms with Gasteiger partial charge >= 0.3 is 0 Å². The van der Waals surface area contributed by atoms with Crippen LogP contribution in [0.1, 0.15) is 82.6 Å². The highest BCUT2D eigenvalue weighted by molar-refractivity contribution is 6.30. The van der Waals surface area contributed by atoms with E-state index in [0.29, 0.717) is 17.0 Å². The first-order chi connectivity index (χ1) is 14.5. The SMILES string of the molecule is C[C@H]1CC[C@H](CCC2CCC(c3ccc(-c4ccc(Cl)c(F)c4)c(F)c3)CC2)CC1. The zero-order valence-electron chi connectivity index (χ0n) is 18.0. The number of hydrogen-bond acceptors (Lipinski definition) is 0. The van der Waals surface area contributed by atoms with Crippen LogP contribution in [0.4, 0.5) is 8.78 Å². The third-order valence-electron chi connectivity index (χ3n) is 7.66. The Morgan fingerprint density at radius 1 is 0.767 bits per heavy atom. The summed E-state index contributed by atoms with van der Waals surface area (Å²) in [5, 5.41) is 0.0607. The highest BCUT2D eigenvalue weighted by Crippen LogP contribution is 2.40. The second-order valence-corrected chi connectivity index (χ2v) is 10.2. The smallest absolute Gasteiger partial charge is 0.142 e. The summed E-state index contributed by atoms with van der Waals surface area (Å²) in [5.41, 5.74) is 2.05. The number of halogens is 3. The summed E-state index contributed by atoms with van der Waals surface area (Å²) in [6.45, 7) is 2.39. The lowest BCUT2D eigenvalue weighted by Crippen LogP contribution is -2.17. The van der Waals surface area contributed by atoms with Crippen molar-refractivity contribution in [1.82, 2.24) is 0 Å². The fourth-order valence-corrected chi connectivity index (χ4v) is 5.67. The lowest BCUT2D eigenvalue weighted by Gasteiger charge is -2.31. The average Bonchev–Trinajstić information content (AvgIpc) is 2.76. The normalized spacial score (nSPS) is 27.2. The van der Waals surface area contributed by atoms with Crippen LogP contribution >= 0.6 is 11.6 Å². The molecule has 2 aliphatic rings. The Hall–Kier alpha value is -1.41. The Kier molecular flexibility index (Phi) is 7.13. The van der Waals surface area contributed by atoms with Crippen molar-refractivity contribution in [2.24, 2.45) is 17.8 Å². The van der Waals surface area contributed by atoms with E-state index in [1.54, 1.807) is 18.2 Å². The second-order valence-electron chi connectivity index (χ2n) is 9.79. The summed E-state index contributed by atoms with van der Waals surface area (Å²) in [5.74, 6) is 2.39. The van der Waals surface area contributed by atoms with Crippen LogP contribution in [-0.4, -0.2) is 0 Å². The summed E-state index contributed by atoms with van der Waals surface area (Å²) in [6, 6.07) is 9.94. The van der Waals surface area contributed by atoms with Crippen LogP contribution in [0.5, 0.6) is 0 Å². The van der Waals surface area contributed by atoms with Crippen molar-refractivity contribution in [2.75, 3.05) is 0 Å². The van der Waals surface area contributed by atoms with Gasteiger partial charge < -0.3 is 0 Å². The van der Waals surface area contributed by atoms with Gasteiger partial charge in [0, 0.05) is 5.56 Å². The van der Waals surface area contributed by atoms with E-state index in [1.807, 2.05) is 6.07 Å². The molecule has 30 heavy (non-hydrogen) atoms. The molecule has 2 aliphatic carbocycles. The molecule has 0 amide bonds. The molecule has 2 fully saturated rings. The molecular weight excluding hydrogens is 398 g/mol. The van der Waals surface area contributed by atoms with Crippen LogP contribution in [-0.2, 0) is 0 Å². The van der Waals surface area contributed by atoms with Crippen LogP contribution in [0.3, 0.4) is 0 Å². The molecule has 3 heteroatoms. The van der Waals surface area contributed by atoms with Crippen LogP contribution in [0.15, 0.2) is 36.4 Å². The van der Waals surface area contributed by atoms with Gasteiger partial charge in [0.05, 0.1) is 5.02 Å². The number of hydrogen-bond donors (Lipinski definition) is 0. The zero-order chi connectivity index (χ0) is 21.1. The van der Waals surface area contributed by atoms with E-state index in [9.17, 15) is 8.78 Å². The van der Waals surface area contributed by atoms with Gasteiger partial charge in [-0.1, -0.05) is 75.2 Å². The van der Waals surface area contributed by atoms with Gasteiger partial charge in [0.25, 0.3) is 0 Å². The Morgan fingerprint density at radius 3 is 2.00 bits per heavy atom. The Labute approximate surface area is 185 Å². The molecule has 0 nitrogen and oxygen atoms in total. The predicted octanol–water partition coefficient (Wildman–Crippen LogP) is 9.17. The van der Waals surface area contributed by atoms with Gasteiger partial charge in [-0.05, 0) is 78.7 Å². The first-order valence-electron chi connectivity index (χ1n) is 11.7. The van der Waals surface area contributed by atoms with Crippen LogP contribution < -0.4 is 0 Å². The number of benzene rings is 2. The van der Waals surface area contributed by atoms with E-state index in [2.05, 4.69) is 6.92 Å². The van der Waals surface area contributed by atoms with Gasteiger partial charge in [0.15, 0.2) is 0 Å². The molecule has 0 aliphatic heterocycles. The van der Waals surface area contributed by atoms with Crippen molar-refractivity contribution < 1.29 is 8.78 Å². The van der Waals surface area contributed by atoms with E-state index < -0.39 is 5.82 Å². The summed E-state index contributed by atoms with van der Waals surface area (Å²) in [7, 11) is 0. The third kappa shape index (κ3) is 5.25. The second kappa shape index (κ2) is 9.81. The number of rotatable bonds is 5. The average molecular weight is 431 g/mol. The molecule has 0 bridgehead atoms. The Bertz CT molecular complexity index is 846. The van der Waals surface area contributed by atoms with E-state index in [4.69, 9.17) is 11.6 Å². The van der Waals surface area contributed by atoms with Crippen molar-refractivity contribution in [3.05, 3.63) is 58.6 Å². The molecule has 0 unspecified atom stereocenters. The first-order valence-corrected chi connectivity index (χ1v) is 12.1. The molecule has 0 radical (unpaired) electrons. The summed E-state index contributed by atoms with van der Waals surface area (Å²) in [4.78, 5) is 0. The molecule has 0 N–H and O–H groups in total. The first kappa shape index (κ1) is 21.8. The summed E-state index contributed by atoms with van der Waals surface area (Å²) in [6.07, 6.45) is 13.3. The van der Waals surface area contributed by atoms with E-state index in [0.717, 1.165) is 36.2 Å². The minimum absolute atomic E-state index is 0.0607. The van der Waals surface area contributed by atoms with Gasteiger partial charge in [0.2, 0.25) is 0 Å². The molecule has 2 saturated carbocycles. The van der Waals surface area contributed by atoms with Crippen molar-refractivity contribution >= 4 is 11.6 Å². The van der Waals surface area contributed by atoms with E-state index >= 15 is 0 Å². The van der Waals surface area contributed by atoms with Crippen molar-refractivity contribution in [2.45, 2.75) is 77.0 Å². The molecule has 0 spiro atoms. The molecule has 0 atom stereocenters. The standard InChI is InChI=1S/C27H33ClF2/c1-18-2-4-19(5-3-18)6-7-20-8-10-21(11-9-20)22-12-14-24(26(29)16-22)23-13-15-25(28)27(30)17-23/h12-21H,2-11H2,1H3/t18-,19-,20?,21?. The maximum absolute atomic E-state index is 14.8. The fourth-order valence-electron chi connectivity index (χ4n) is 5.56. The summed E-state index contributed by atoms with van der Waals surface area (Å²) >= 11 is 5.75. The maximum Gasteiger partial charge on any atom is 0.142 e. The van der Waals surface area contributed by atoms with Gasteiger partial charge in [-0.15, -0.1) is 0 Å². The Balaban J connectivity index is 1.31. The van der Waals surface area contributed by atoms with Crippen LogP contribution in [0, 0.1) is 29.4 Å². The zero-order valence-corrected chi connectivity index (χ0v) is 18.7. The minimum Gasteiger partial charge on any atom is -0.206 e. The van der Waals surface area contributed by atoms with Crippen molar-refractivity contribution in [3.63, 3.8) is 0 Å². The molecular formula is C27H33ClF2. The Morgan fingerprint density at radius 2 is 1.40 bits per heavy atom. The third-order valence-corrected chi connectivity index (χ3v) is 7.97. The monoisotopic (exact) mass is 430 g/mol. The molecule has 4 rings (SSSR count). The molecule has 2 aromatic carbocycles. The lowest BCUT2D eigenvalue weighted by atomic mass is 9.74. The quantitative estimate of drug-likeness (QED) is 0.443. The molecule has 2 aromatic rings. The van der Waals surface area contributed by atoms with E-state index in [-0.39, 0.29) is 10.8 Å². The van der Waals surface area contributed by atoms with Crippen molar-refractivity contribution in [1.29, 1.82) is 0 Å². The van der Waals surface area contributed by atoms with E-state index in [1.165, 1.54) is 63.5 Å². The van der Waals surface area contributed by atoms with Crippen LogP contribution in [0.2, 0.25) is 5.02 Å². The van der Waals surface area contributed by atoms with Crippen LogP contribution in [0.25, 0.3) is 11.1 Å². The maximum atomic E-state index is 14.8. The van der Waals surface area contributed by atoms with Gasteiger partial charge in [-0.2, -0.15) is 0 Å². The summed E-state index contributed by atoms with van der Waals surface area (Å²) < 4.78 is 28.5. The molecule has 0 heterocycles. The van der Waals surface area contributed by atoms with Gasteiger partial charge in [-0.3, -0.25) is 0 Å².